The summed E-state index contributed by atoms with van der Waals surface area (Å²) in [6.07, 6.45) is 0. The number of carboxylic acids is 1. The smallest absolute Gasteiger partial charge is 0.326 e. The number of benzene rings is 1. The summed E-state index contributed by atoms with van der Waals surface area (Å²) in [7, 11) is 0. The largest absolute Gasteiger partial charge is 0.480 e. The molecular formula is C15H18N4O3. The van der Waals surface area contributed by atoms with Crippen molar-refractivity contribution in [3.05, 3.63) is 24.3 Å². The van der Waals surface area contributed by atoms with E-state index in [0.29, 0.717) is 19.0 Å². The number of fused-ring (bicyclic) bond motifs is 3. The maximum Gasteiger partial charge on any atom is 0.326 e. The standard InChI is InChI=1S/C15H18N4O3/c1-9(2)12(13(20)21)17-15(22)19-8-7-18-11-6-4-3-5-10(11)16-14(18)19/h3-6,9,12H,7-8H2,1-2H3,(H,17,22)(H,20,21). The van der Waals surface area contributed by atoms with Gasteiger partial charge in [-0.2, -0.15) is 0 Å². The summed E-state index contributed by atoms with van der Waals surface area (Å²) in [5.41, 5.74) is 1.81. The van der Waals surface area contributed by atoms with Gasteiger partial charge in [0.25, 0.3) is 0 Å². The molecule has 2 N–H and O–H groups in total. The summed E-state index contributed by atoms with van der Waals surface area (Å²) in [6.45, 7) is 4.67. The third-order valence-corrected chi connectivity index (χ3v) is 3.88. The zero-order chi connectivity index (χ0) is 15.9. The van der Waals surface area contributed by atoms with Gasteiger partial charge in [-0.1, -0.05) is 26.0 Å². The molecule has 0 radical (unpaired) electrons. The predicted molar refractivity (Wildman–Crippen MR) is 81.9 cm³/mol. The molecule has 22 heavy (non-hydrogen) atoms. The SMILES string of the molecule is CC(C)C(NC(=O)N1CCn2c1nc1ccccc12)C(=O)O. The van der Waals surface area contributed by atoms with Crippen molar-refractivity contribution >= 4 is 29.0 Å². The van der Waals surface area contributed by atoms with Gasteiger partial charge >= 0.3 is 12.0 Å². The highest BCUT2D eigenvalue weighted by Crippen LogP contribution is 2.27. The molecule has 1 aromatic carbocycles. The molecule has 1 aliphatic heterocycles. The topological polar surface area (TPSA) is 87.5 Å². The first-order chi connectivity index (χ1) is 10.5. The minimum atomic E-state index is -1.03. The van der Waals surface area contributed by atoms with Gasteiger partial charge < -0.3 is 15.0 Å². The monoisotopic (exact) mass is 302 g/mol. The number of carbonyl (C=O) groups excluding carboxylic acids is 1. The number of rotatable bonds is 3. The lowest BCUT2D eigenvalue weighted by Crippen LogP contribution is -2.50. The van der Waals surface area contributed by atoms with E-state index < -0.39 is 18.0 Å². The van der Waals surface area contributed by atoms with Crippen LogP contribution in [0.1, 0.15) is 13.8 Å². The molecule has 0 bridgehead atoms. The summed E-state index contributed by atoms with van der Waals surface area (Å²) in [5.74, 6) is -0.662. The van der Waals surface area contributed by atoms with Gasteiger partial charge in [0.15, 0.2) is 0 Å². The van der Waals surface area contributed by atoms with Crippen LogP contribution in [-0.2, 0) is 11.3 Å². The van der Waals surface area contributed by atoms with Crippen LogP contribution in [0.4, 0.5) is 10.7 Å². The number of aromatic nitrogens is 2. The van der Waals surface area contributed by atoms with Crippen LogP contribution in [-0.4, -0.2) is 39.2 Å². The summed E-state index contributed by atoms with van der Waals surface area (Å²) in [4.78, 5) is 29.6. The van der Waals surface area contributed by atoms with Crippen molar-refractivity contribution in [1.29, 1.82) is 0 Å². The maximum absolute atomic E-state index is 12.4. The highest BCUT2D eigenvalue weighted by Gasteiger charge is 2.31. The Balaban J connectivity index is 1.86. The van der Waals surface area contributed by atoms with E-state index in [9.17, 15) is 14.7 Å². The lowest BCUT2D eigenvalue weighted by atomic mass is 10.1. The fraction of sp³-hybridized carbons (Fsp3) is 0.400. The molecule has 0 fully saturated rings. The van der Waals surface area contributed by atoms with Crippen molar-refractivity contribution < 1.29 is 14.7 Å². The van der Waals surface area contributed by atoms with Crippen molar-refractivity contribution in [2.75, 3.05) is 11.4 Å². The number of hydrogen-bond acceptors (Lipinski definition) is 3. The van der Waals surface area contributed by atoms with Gasteiger partial charge in [0.05, 0.1) is 11.0 Å². The highest BCUT2D eigenvalue weighted by atomic mass is 16.4. The number of imidazole rings is 1. The molecule has 1 atom stereocenters. The molecule has 7 nitrogen and oxygen atoms in total. The van der Waals surface area contributed by atoms with Crippen molar-refractivity contribution in [3.8, 4) is 0 Å². The van der Waals surface area contributed by atoms with Crippen LogP contribution in [0.5, 0.6) is 0 Å². The molecule has 2 aromatic rings. The van der Waals surface area contributed by atoms with Crippen LogP contribution >= 0.6 is 0 Å². The van der Waals surface area contributed by atoms with Gasteiger partial charge in [0.2, 0.25) is 5.95 Å². The number of para-hydroxylation sites is 2. The number of carboxylic acid groups (broad SMARTS) is 1. The van der Waals surface area contributed by atoms with Crippen LogP contribution in [0.3, 0.4) is 0 Å². The Labute approximate surface area is 127 Å². The second-order valence-electron chi connectivity index (χ2n) is 5.71. The Hall–Kier alpha value is -2.57. The summed E-state index contributed by atoms with van der Waals surface area (Å²) in [6, 6.07) is 6.35. The highest BCUT2D eigenvalue weighted by molar-refractivity contribution is 5.95. The van der Waals surface area contributed by atoms with E-state index in [2.05, 4.69) is 10.3 Å². The Morgan fingerprint density at radius 1 is 1.27 bits per heavy atom. The minimum absolute atomic E-state index is 0.192. The molecule has 2 amide bonds. The van der Waals surface area contributed by atoms with Gasteiger partial charge in [-0.3, -0.25) is 4.90 Å². The first-order valence-corrected chi connectivity index (χ1v) is 7.25. The van der Waals surface area contributed by atoms with Crippen molar-refractivity contribution in [2.24, 2.45) is 5.92 Å². The number of anilines is 1. The van der Waals surface area contributed by atoms with Gasteiger partial charge in [-0.25, -0.2) is 14.6 Å². The van der Waals surface area contributed by atoms with Crippen LogP contribution in [0.25, 0.3) is 11.0 Å². The molecule has 0 aliphatic carbocycles. The molecule has 0 spiro atoms. The first-order valence-electron chi connectivity index (χ1n) is 7.25. The van der Waals surface area contributed by atoms with Gasteiger partial charge in [-0.15, -0.1) is 0 Å². The van der Waals surface area contributed by atoms with Gasteiger partial charge in [-0.05, 0) is 18.1 Å². The average Bonchev–Trinajstić information content (AvgIpc) is 3.02. The number of hydrogen-bond donors (Lipinski definition) is 2. The quantitative estimate of drug-likeness (QED) is 0.903. The summed E-state index contributed by atoms with van der Waals surface area (Å²) >= 11 is 0. The van der Waals surface area contributed by atoms with Gasteiger partial charge in [0.1, 0.15) is 6.04 Å². The third kappa shape index (κ3) is 2.28. The Morgan fingerprint density at radius 2 is 2.00 bits per heavy atom. The van der Waals surface area contributed by atoms with Crippen molar-refractivity contribution in [3.63, 3.8) is 0 Å². The normalized spacial score (nSPS) is 15.1. The molecule has 116 valence electrons. The molecule has 0 saturated heterocycles. The van der Waals surface area contributed by atoms with E-state index in [0.717, 1.165) is 11.0 Å². The molecule has 0 saturated carbocycles. The Bertz CT molecular complexity index is 737. The van der Waals surface area contributed by atoms with Crippen LogP contribution in [0, 0.1) is 5.92 Å². The number of nitrogens with zero attached hydrogens (tertiary/aromatic N) is 3. The van der Waals surface area contributed by atoms with Crippen LogP contribution < -0.4 is 10.2 Å². The van der Waals surface area contributed by atoms with E-state index in [1.165, 1.54) is 4.90 Å². The molecule has 3 rings (SSSR count). The fourth-order valence-electron chi connectivity index (χ4n) is 2.71. The molecule has 7 heteroatoms. The second-order valence-corrected chi connectivity index (χ2v) is 5.71. The van der Waals surface area contributed by atoms with Crippen molar-refractivity contribution in [2.45, 2.75) is 26.4 Å². The zero-order valence-electron chi connectivity index (χ0n) is 12.5. The number of nitrogens with one attached hydrogen (secondary N) is 1. The number of carbonyl (C=O) groups is 2. The number of aliphatic carboxylic acids is 1. The van der Waals surface area contributed by atoms with Crippen LogP contribution in [0.15, 0.2) is 24.3 Å². The fourth-order valence-corrected chi connectivity index (χ4v) is 2.71. The predicted octanol–water partition coefficient (Wildman–Crippen LogP) is 1.68. The van der Waals surface area contributed by atoms with E-state index >= 15 is 0 Å². The first kappa shape index (κ1) is 14.4. The third-order valence-electron chi connectivity index (χ3n) is 3.88. The molecule has 1 unspecified atom stereocenters. The lowest BCUT2D eigenvalue weighted by Gasteiger charge is -2.21. The minimum Gasteiger partial charge on any atom is -0.480 e. The maximum atomic E-state index is 12.4. The number of urea groups is 1. The van der Waals surface area contributed by atoms with E-state index in [4.69, 9.17) is 0 Å². The van der Waals surface area contributed by atoms with E-state index in [1.807, 2.05) is 28.8 Å². The van der Waals surface area contributed by atoms with E-state index in [1.54, 1.807) is 13.8 Å². The molecule has 1 aromatic heterocycles. The van der Waals surface area contributed by atoms with Crippen molar-refractivity contribution in [1.82, 2.24) is 14.9 Å². The average molecular weight is 302 g/mol. The summed E-state index contributed by atoms with van der Waals surface area (Å²) < 4.78 is 1.97. The summed E-state index contributed by atoms with van der Waals surface area (Å²) in [5, 5.41) is 11.8. The second kappa shape index (κ2) is 5.32. The molecule has 2 heterocycles. The zero-order valence-corrected chi connectivity index (χ0v) is 12.5. The van der Waals surface area contributed by atoms with E-state index in [-0.39, 0.29) is 5.92 Å². The Kier molecular flexibility index (Phi) is 3.48. The molecular weight excluding hydrogens is 284 g/mol. The Morgan fingerprint density at radius 3 is 2.68 bits per heavy atom. The number of amides is 2. The lowest BCUT2D eigenvalue weighted by molar-refractivity contribution is -0.140. The van der Waals surface area contributed by atoms with Crippen LogP contribution in [0.2, 0.25) is 0 Å². The van der Waals surface area contributed by atoms with Gasteiger partial charge in [0, 0.05) is 13.1 Å². The molecule has 1 aliphatic rings.